The first-order chi connectivity index (χ1) is 13.4. The van der Waals surface area contributed by atoms with Gasteiger partial charge in [0.2, 0.25) is 0 Å². The summed E-state index contributed by atoms with van der Waals surface area (Å²) in [5, 5.41) is 2.79. The summed E-state index contributed by atoms with van der Waals surface area (Å²) in [5.74, 6) is -2.25. The van der Waals surface area contributed by atoms with Crippen LogP contribution in [0.4, 0.5) is 0 Å². The van der Waals surface area contributed by atoms with Gasteiger partial charge >= 0.3 is 5.97 Å². The molecule has 0 saturated heterocycles. The molecular formula is C21H28N2O5. The second-order valence-electron chi connectivity index (χ2n) is 7.13. The van der Waals surface area contributed by atoms with Crippen LogP contribution < -0.4 is 5.32 Å². The second kappa shape index (κ2) is 10.0. The van der Waals surface area contributed by atoms with E-state index in [0.29, 0.717) is 0 Å². The number of nitrogens with one attached hydrogen (secondary N) is 1. The highest BCUT2D eigenvalue weighted by Gasteiger charge is 2.41. The molecule has 28 heavy (non-hydrogen) atoms. The molecule has 0 aliphatic carbocycles. The van der Waals surface area contributed by atoms with Gasteiger partial charge in [-0.1, -0.05) is 44.7 Å². The molecule has 1 aliphatic heterocycles. The van der Waals surface area contributed by atoms with Crippen molar-refractivity contribution in [3.63, 3.8) is 0 Å². The lowest BCUT2D eigenvalue weighted by Crippen LogP contribution is -2.45. The summed E-state index contributed by atoms with van der Waals surface area (Å²) < 4.78 is 5.02. The molecular weight excluding hydrogens is 360 g/mol. The third-order valence-electron chi connectivity index (χ3n) is 4.80. The molecule has 0 radical (unpaired) electrons. The van der Waals surface area contributed by atoms with Gasteiger partial charge in [0, 0.05) is 6.04 Å². The number of carbonyl (C=O) groups excluding carboxylic acids is 4. The van der Waals surface area contributed by atoms with Crippen molar-refractivity contribution in [1.29, 1.82) is 0 Å². The van der Waals surface area contributed by atoms with Crippen molar-refractivity contribution < 1.29 is 23.9 Å². The van der Waals surface area contributed by atoms with E-state index in [1.165, 1.54) is 13.3 Å². The maximum absolute atomic E-state index is 12.4. The highest BCUT2D eigenvalue weighted by Crippen LogP contribution is 2.24. The van der Waals surface area contributed by atoms with Crippen LogP contribution in [0, 0.1) is 0 Å². The Morgan fingerprint density at radius 1 is 1.04 bits per heavy atom. The van der Waals surface area contributed by atoms with Gasteiger partial charge in [-0.15, -0.1) is 0 Å². The molecule has 2 rings (SSSR count). The van der Waals surface area contributed by atoms with Crippen molar-refractivity contribution in [2.75, 3.05) is 6.61 Å². The number of unbranched alkanes of at least 4 members (excludes halogenated alkanes) is 3. The van der Waals surface area contributed by atoms with E-state index in [9.17, 15) is 19.2 Å². The Hall–Kier alpha value is -2.70. The largest absolute Gasteiger partial charge is 0.454 e. The second-order valence-corrected chi connectivity index (χ2v) is 7.13. The van der Waals surface area contributed by atoms with Gasteiger partial charge in [0.1, 0.15) is 6.04 Å². The Morgan fingerprint density at radius 3 is 2.21 bits per heavy atom. The van der Waals surface area contributed by atoms with Crippen LogP contribution in [-0.4, -0.2) is 47.3 Å². The van der Waals surface area contributed by atoms with Crippen LogP contribution in [0.15, 0.2) is 24.3 Å². The molecule has 7 nitrogen and oxygen atoms in total. The molecule has 0 fully saturated rings. The minimum atomic E-state index is -1.10. The third-order valence-corrected chi connectivity index (χ3v) is 4.80. The van der Waals surface area contributed by atoms with Crippen molar-refractivity contribution in [2.24, 2.45) is 0 Å². The lowest BCUT2D eigenvalue weighted by Gasteiger charge is -2.21. The lowest BCUT2D eigenvalue weighted by molar-refractivity contribution is -0.152. The van der Waals surface area contributed by atoms with E-state index >= 15 is 0 Å². The first kappa shape index (κ1) is 21.6. The minimum absolute atomic E-state index is 0.00304. The molecule has 7 heteroatoms. The Morgan fingerprint density at radius 2 is 1.64 bits per heavy atom. The van der Waals surface area contributed by atoms with Crippen LogP contribution in [0.5, 0.6) is 0 Å². The Balaban J connectivity index is 1.81. The van der Waals surface area contributed by atoms with E-state index in [1.54, 1.807) is 24.3 Å². The number of amides is 3. The van der Waals surface area contributed by atoms with Crippen LogP contribution in [0.3, 0.4) is 0 Å². The third kappa shape index (κ3) is 5.18. The maximum atomic E-state index is 12.4. The van der Waals surface area contributed by atoms with Crippen molar-refractivity contribution in [1.82, 2.24) is 10.2 Å². The van der Waals surface area contributed by atoms with E-state index < -0.39 is 36.3 Å². The predicted octanol–water partition coefficient (Wildman–Crippen LogP) is 2.69. The molecule has 1 heterocycles. The quantitative estimate of drug-likeness (QED) is 0.378. The van der Waals surface area contributed by atoms with Gasteiger partial charge in [0.15, 0.2) is 6.61 Å². The highest BCUT2D eigenvalue weighted by molar-refractivity contribution is 6.22. The molecule has 1 aromatic carbocycles. The monoisotopic (exact) mass is 388 g/mol. The molecule has 1 aliphatic rings. The first-order valence-corrected chi connectivity index (χ1v) is 9.79. The first-order valence-electron chi connectivity index (χ1n) is 9.79. The molecule has 1 aromatic rings. The fourth-order valence-electron chi connectivity index (χ4n) is 3.19. The number of benzene rings is 1. The van der Waals surface area contributed by atoms with Gasteiger partial charge in [-0.05, 0) is 32.4 Å². The number of hydrogen-bond acceptors (Lipinski definition) is 5. The van der Waals surface area contributed by atoms with Crippen LogP contribution in [0.2, 0.25) is 0 Å². The van der Waals surface area contributed by atoms with Gasteiger partial charge in [-0.3, -0.25) is 19.3 Å². The van der Waals surface area contributed by atoms with Crippen LogP contribution >= 0.6 is 0 Å². The average molecular weight is 388 g/mol. The molecule has 152 valence electrons. The number of fused-ring (bicyclic) bond motifs is 1. The molecule has 3 amide bonds. The fourth-order valence-corrected chi connectivity index (χ4v) is 3.19. The molecule has 0 unspecified atom stereocenters. The summed E-state index contributed by atoms with van der Waals surface area (Å²) in [6.45, 7) is 5.03. The minimum Gasteiger partial charge on any atom is -0.454 e. The number of ether oxygens (including phenoxy) is 1. The van der Waals surface area contributed by atoms with E-state index in [2.05, 4.69) is 12.2 Å². The standard InChI is InChI=1S/C21H28N2O5/c1-4-5-6-7-10-14(2)22-18(24)13-28-21(27)15(3)23-19(25)16-11-8-9-12-17(16)20(23)26/h8-9,11-12,14-15H,4-7,10,13H2,1-3H3,(H,22,24)/t14-,15-/m0/s1. The average Bonchev–Trinajstić information content (AvgIpc) is 2.93. The SMILES string of the molecule is CCCCCC[C@H](C)NC(=O)COC(=O)[C@H](C)N1C(=O)c2ccccc2C1=O. The Bertz CT molecular complexity index is 711. The van der Waals surface area contributed by atoms with Gasteiger partial charge in [0.05, 0.1) is 11.1 Å². The summed E-state index contributed by atoms with van der Waals surface area (Å²) in [4.78, 5) is 49.9. The van der Waals surface area contributed by atoms with Crippen molar-refractivity contribution in [3.05, 3.63) is 35.4 Å². The zero-order chi connectivity index (χ0) is 20.7. The Kier molecular flexibility index (Phi) is 7.72. The predicted molar refractivity (Wildman–Crippen MR) is 104 cm³/mol. The van der Waals surface area contributed by atoms with Gasteiger partial charge in [-0.2, -0.15) is 0 Å². The van der Waals surface area contributed by atoms with Crippen LogP contribution in [0.1, 0.15) is 73.6 Å². The lowest BCUT2D eigenvalue weighted by atomic mass is 10.1. The maximum Gasteiger partial charge on any atom is 0.329 e. The van der Waals surface area contributed by atoms with E-state index in [0.717, 1.165) is 30.6 Å². The van der Waals surface area contributed by atoms with Crippen molar-refractivity contribution in [2.45, 2.75) is 65.0 Å². The van der Waals surface area contributed by atoms with Crippen molar-refractivity contribution in [3.8, 4) is 0 Å². The Labute approximate surface area is 165 Å². The fraction of sp³-hybridized carbons (Fsp3) is 0.524. The van der Waals surface area contributed by atoms with E-state index in [-0.39, 0.29) is 17.2 Å². The molecule has 2 atom stereocenters. The summed E-state index contributed by atoms with van der Waals surface area (Å²) in [6.07, 6.45) is 5.36. The molecule has 0 aromatic heterocycles. The highest BCUT2D eigenvalue weighted by atomic mass is 16.5. The van der Waals surface area contributed by atoms with Crippen LogP contribution in [0.25, 0.3) is 0 Å². The number of rotatable bonds is 10. The van der Waals surface area contributed by atoms with Crippen molar-refractivity contribution >= 4 is 23.7 Å². The molecule has 0 bridgehead atoms. The molecule has 0 spiro atoms. The summed E-state index contributed by atoms with van der Waals surface area (Å²) in [5.41, 5.74) is 0.531. The normalized spacial score (nSPS) is 15.2. The van der Waals surface area contributed by atoms with E-state index in [1.807, 2.05) is 6.92 Å². The van der Waals surface area contributed by atoms with E-state index in [4.69, 9.17) is 4.74 Å². The zero-order valence-electron chi connectivity index (χ0n) is 16.7. The number of nitrogens with zero attached hydrogens (tertiary/aromatic N) is 1. The molecule has 0 saturated carbocycles. The summed E-state index contributed by atoms with van der Waals surface area (Å²) >= 11 is 0. The number of carbonyl (C=O) groups is 4. The zero-order valence-corrected chi connectivity index (χ0v) is 16.7. The number of imide groups is 1. The van der Waals surface area contributed by atoms with Crippen LogP contribution in [-0.2, 0) is 14.3 Å². The number of esters is 1. The summed E-state index contributed by atoms with van der Waals surface area (Å²) in [7, 11) is 0. The van der Waals surface area contributed by atoms with Gasteiger partial charge < -0.3 is 10.1 Å². The van der Waals surface area contributed by atoms with Gasteiger partial charge in [0.25, 0.3) is 17.7 Å². The summed E-state index contributed by atoms with van der Waals surface area (Å²) in [6, 6.07) is 5.30. The number of hydrogen-bond donors (Lipinski definition) is 1. The smallest absolute Gasteiger partial charge is 0.329 e. The molecule has 1 N–H and O–H groups in total. The van der Waals surface area contributed by atoms with Gasteiger partial charge in [-0.25, -0.2) is 4.79 Å². The topological polar surface area (TPSA) is 92.8 Å².